The van der Waals surface area contributed by atoms with E-state index >= 15 is 0 Å². The van der Waals surface area contributed by atoms with Crippen molar-refractivity contribution in [1.82, 2.24) is 33.8 Å². The number of rotatable bonds is 7. The molecular formula is C20H24Cl2FN9O2S. The molecule has 35 heavy (non-hydrogen) atoms. The fourth-order valence-electron chi connectivity index (χ4n) is 3.73. The number of halogens is 3. The highest BCUT2D eigenvalue weighted by Crippen LogP contribution is 2.31. The molecule has 3 aromatic rings. The summed E-state index contributed by atoms with van der Waals surface area (Å²) in [5, 5.41) is 14.6. The van der Waals surface area contributed by atoms with Crippen molar-refractivity contribution in [3.63, 3.8) is 0 Å². The molecule has 0 atom stereocenters. The van der Waals surface area contributed by atoms with Crippen LogP contribution in [-0.2, 0) is 16.8 Å². The molecule has 0 aliphatic carbocycles. The third-order valence-corrected chi connectivity index (χ3v) is 8.35. The predicted octanol–water partition coefficient (Wildman–Crippen LogP) is 2.43. The zero-order chi connectivity index (χ0) is 25.2. The van der Waals surface area contributed by atoms with Crippen molar-refractivity contribution in [2.45, 2.75) is 13.0 Å². The van der Waals surface area contributed by atoms with Gasteiger partial charge in [-0.2, -0.15) is 21.7 Å². The van der Waals surface area contributed by atoms with Crippen molar-refractivity contribution < 1.29 is 12.8 Å². The molecule has 0 unspecified atom stereocenters. The first-order valence-electron chi connectivity index (χ1n) is 10.7. The Morgan fingerprint density at radius 3 is 2.69 bits per heavy atom. The van der Waals surface area contributed by atoms with Crippen LogP contribution in [0, 0.1) is 5.82 Å². The summed E-state index contributed by atoms with van der Waals surface area (Å²) in [4.78, 5) is 6.62. The molecule has 1 fully saturated rings. The second-order valence-electron chi connectivity index (χ2n) is 7.98. The van der Waals surface area contributed by atoms with Gasteiger partial charge in [-0.3, -0.25) is 0 Å². The maximum Gasteiger partial charge on any atom is 0.281 e. The first-order valence-corrected chi connectivity index (χ1v) is 12.9. The third-order valence-electron chi connectivity index (χ3n) is 5.56. The van der Waals surface area contributed by atoms with Gasteiger partial charge in [-0.15, -0.1) is 0 Å². The quantitative estimate of drug-likeness (QED) is 0.452. The van der Waals surface area contributed by atoms with Gasteiger partial charge in [0.15, 0.2) is 0 Å². The van der Waals surface area contributed by atoms with Gasteiger partial charge in [0.25, 0.3) is 10.2 Å². The fraction of sp³-hybridized carbons (Fsp3) is 0.400. The zero-order valence-electron chi connectivity index (χ0n) is 19.1. The number of benzene rings is 1. The number of anilines is 2. The zero-order valence-corrected chi connectivity index (χ0v) is 21.4. The molecule has 1 aliphatic heterocycles. The number of hydrogen-bond donors (Lipinski definition) is 1. The van der Waals surface area contributed by atoms with Gasteiger partial charge < -0.3 is 10.2 Å². The van der Waals surface area contributed by atoms with Gasteiger partial charge in [-0.1, -0.05) is 34.4 Å². The Kier molecular flexibility index (Phi) is 7.71. The first kappa shape index (κ1) is 25.5. The van der Waals surface area contributed by atoms with Crippen LogP contribution in [0.2, 0.25) is 10.0 Å². The van der Waals surface area contributed by atoms with E-state index in [2.05, 4.69) is 30.7 Å². The Morgan fingerprint density at radius 2 is 1.91 bits per heavy atom. The van der Waals surface area contributed by atoms with E-state index in [1.54, 1.807) is 6.20 Å². The number of nitrogens with zero attached hydrogens (tertiary/aromatic N) is 8. The average molecular weight is 544 g/mol. The van der Waals surface area contributed by atoms with Crippen LogP contribution in [-0.4, -0.2) is 82.5 Å². The SMILES string of the molecule is CN(C)S(=O)(=O)N1CCCN(c2ncccc2CNc2nnnn2-c2ccc(F)c(Cl)c2Cl)CC1. The summed E-state index contributed by atoms with van der Waals surface area (Å²) in [6.45, 7) is 2.27. The molecule has 1 N–H and O–H groups in total. The molecule has 0 amide bonds. The largest absolute Gasteiger partial charge is 0.355 e. The lowest BCUT2D eigenvalue weighted by Gasteiger charge is -2.25. The van der Waals surface area contributed by atoms with E-state index < -0.39 is 16.0 Å². The van der Waals surface area contributed by atoms with Crippen LogP contribution in [0.25, 0.3) is 5.69 Å². The highest BCUT2D eigenvalue weighted by molar-refractivity contribution is 7.86. The van der Waals surface area contributed by atoms with Crippen molar-refractivity contribution in [3.8, 4) is 5.69 Å². The summed E-state index contributed by atoms with van der Waals surface area (Å²) in [5.74, 6) is 0.381. The van der Waals surface area contributed by atoms with Crippen LogP contribution in [0.15, 0.2) is 30.5 Å². The minimum atomic E-state index is -3.48. The molecule has 2 aromatic heterocycles. The average Bonchev–Trinajstić information content (AvgIpc) is 3.15. The molecule has 1 saturated heterocycles. The molecule has 15 heteroatoms. The summed E-state index contributed by atoms with van der Waals surface area (Å²) in [7, 11) is -0.423. The lowest BCUT2D eigenvalue weighted by molar-refractivity contribution is 0.390. The molecule has 0 bridgehead atoms. The van der Waals surface area contributed by atoms with Crippen LogP contribution in [0.1, 0.15) is 12.0 Å². The molecule has 0 saturated carbocycles. The van der Waals surface area contributed by atoms with E-state index in [1.807, 2.05) is 12.1 Å². The minimum Gasteiger partial charge on any atom is -0.355 e. The van der Waals surface area contributed by atoms with Crippen molar-refractivity contribution in [2.75, 3.05) is 50.5 Å². The highest BCUT2D eigenvalue weighted by atomic mass is 35.5. The van der Waals surface area contributed by atoms with Gasteiger partial charge in [0.2, 0.25) is 5.95 Å². The molecule has 188 valence electrons. The molecule has 0 spiro atoms. The van der Waals surface area contributed by atoms with Gasteiger partial charge in [0.05, 0.1) is 15.7 Å². The predicted molar refractivity (Wildman–Crippen MR) is 132 cm³/mol. The van der Waals surface area contributed by atoms with Crippen molar-refractivity contribution in [1.29, 1.82) is 0 Å². The van der Waals surface area contributed by atoms with Gasteiger partial charge in [-0.25, -0.2) is 9.37 Å². The molecule has 0 radical (unpaired) electrons. The Morgan fingerprint density at radius 1 is 1.11 bits per heavy atom. The lowest BCUT2D eigenvalue weighted by Crippen LogP contribution is -2.42. The Hall–Kier alpha value is -2.58. The van der Waals surface area contributed by atoms with Crippen LogP contribution in [0.3, 0.4) is 0 Å². The highest BCUT2D eigenvalue weighted by Gasteiger charge is 2.28. The van der Waals surface area contributed by atoms with E-state index in [9.17, 15) is 12.8 Å². The first-order chi connectivity index (χ1) is 16.7. The van der Waals surface area contributed by atoms with E-state index in [1.165, 1.54) is 39.5 Å². The second kappa shape index (κ2) is 10.6. The van der Waals surface area contributed by atoms with E-state index in [0.29, 0.717) is 44.8 Å². The molecule has 11 nitrogen and oxygen atoms in total. The van der Waals surface area contributed by atoms with E-state index in [-0.39, 0.29) is 16.0 Å². The van der Waals surface area contributed by atoms with Crippen LogP contribution >= 0.6 is 23.2 Å². The van der Waals surface area contributed by atoms with Gasteiger partial charge in [-0.05, 0) is 35.0 Å². The number of aromatic nitrogens is 5. The minimum absolute atomic E-state index is 0.00844. The molecule has 1 aromatic carbocycles. The van der Waals surface area contributed by atoms with Gasteiger partial charge in [0.1, 0.15) is 11.6 Å². The standard InChI is InChI=1S/C20H24Cl2FN9O2S/c1-29(2)35(33,34)31-10-4-9-30(11-12-31)19-14(5-3-8-24-19)13-25-20-26-27-28-32(20)16-7-6-15(23)17(21)18(16)22/h3,5-8H,4,9-13H2,1-2H3,(H,25,26,28). The third kappa shape index (κ3) is 5.33. The molecule has 1 aliphatic rings. The Balaban J connectivity index is 1.51. The monoisotopic (exact) mass is 543 g/mol. The maximum absolute atomic E-state index is 13.7. The normalized spacial score (nSPS) is 15.4. The maximum atomic E-state index is 13.7. The topological polar surface area (TPSA) is 112 Å². The van der Waals surface area contributed by atoms with Crippen LogP contribution in [0.5, 0.6) is 0 Å². The summed E-state index contributed by atoms with van der Waals surface area (Å²) < 4.78 is 42.8. The summed E-state index contributed by atoms with van der Waals surface area (Å²) in [6.07, 6.45) is 2.36. The van der Waals surface area contributed by atoms with Crippen molar-refractivity contribution in [2.24, 2.45) is 0 Å². The number of nitrogens with one attached hydrogen (secondary N) is 1. The Labute approximate surface area is 212 Å². The summed E-state index contributed by atoms with van der Waals surface area (Å²) >= 11 is 12.1. The molecule has 3 heterocycles. The molecular weight excluding hydrogens is 520 g/mol. The van der Waals surface area contributed by atoms with Gasteiger partial charge >= 0.3 is 0 Å². The van der Waals surface area contributed by atoms with E-state index in [4.69, 9.17) is 23.2 Å². The van der Waals surface area contributed by atoms with Crippen LogP contribution in [0.4, 0.5) is 16.2 Å². The number of pyridine rings is 1. The Bertz CT molecular complexity index is 1310. The number of tetrazole rings is 1. The fourth-order valence-corrected chi connectivity index (χ4v) is 5.26. The van der Waals surface area contributed by atoms with E-state index in [0.717, 1.165) is 11.4 Å². The summed E-state index contributed by atoms with van der Waals surface area (Å²) in [6, 6.07) is 6.36. The molecule has 4 rings (SSSR count). The van der Waals surface area contributed by atoms with Crippen molar-refractivity contribution in [3.05, 3.63) is 51.9 Å². The van der Waals surface area contributed by atoms with Gasteiger partial charge in [0, 0.05) is 58.6 Å². The smallest absolute Gasteiger partial charge is 0.281 e. The second-order valence-corrected chi connectivity index (χ2v) is 10.9. The van der Waals surface area contributed by atoms with Crippen molar-refractivity contribution >= 4 is 45.2 Å². The lowest BCUT2D eigenvalue weighted by atomic mass is 10.2. The van der Waals surface area contributed by atoms with Crippen LogP contribution < -0.4 is 10.2 Å². The number of hydrogen-bond acceptors (Lipinski definition) is 8. The summed E-state index contributed by atoms with van der Waals surface area (Å²) in [5.41, 5.74) is 1.20.